The van der Waals surface area contributed by atoms with Crippen LogP contribution in [-0.4, -0.2) is 69.9 Å². The lowest BCUT2D eigenvalue weighted by molar-refractivity contribution is -0.116. The van der Waals surface area contributed by atoms with Crippen LogP contribution in [-0.2, 0) is 14.1 Å². The fourth-order valence-corrected chi connectivity index (χ4v) is 5.70. The van der Waals surface area contributed by atoms with Crippen LogP contribution in [0.2, 0.25) is 5.28 Å². The molecule has 1 saturated heterocycles. The van der Waals surface area contributed by atoms with Crippen LogP contribution >= 0.6 is 19.2 Å². The molecule has 14 heteroatoms. The van der Waals surface area contributed by atoms with Gasteiger partial charge in [0, 0.05) is 6.42 Å². The predicted octanol–water partition coefficient (Wildman–Crippen LogP) is 5.42. The van der Waals surface area contributed by atoms with Crippen molar-refractivity contribution in [3.8, 4) is 0 Å². The maximum atomic E-state index is 12.6. The number of unbranched alkanes of at least 4 members (excludes halogenated alkanes) is 8. The van der Waals surface area contributed by atoms with Crippen molar-refractivity contribution in [3.63, 3.8) is 0 Å². The van der Waals surface area contributed by atoms with Crippen LogP contribution in [0.4, 0.5) is 5.82 Å². The van der Waals surface area contributed by atoms with E-state index in [4.69, 9.17) is 26.1 Å². The smallest absolute Gasteiger partial charge is 0.325 e. The number of aliphatic hydroxyl groups is 2. The molecule has 240 valence electrons. The first-order chi connectivity index (χ1) is 20.6. The summed E-state index contributed by atoms with van der Waals surface area (Å²) in [4.78, 5) is 43.4. The minimum atomic E-state index is -4.31. The SMILES string of the molecule is CCCCC/C=C\C/C=C\CCCCCCCC(=O)Nc1nc(Cl)nc2c1ncn2C1OC(CCP(=O)(O)O)C(O)C1O. The Bertz CT molecular complexity index is 1270. The van der Waals surface area contributed by atoms with E-state index in [2.05, 4.69) is 51.5 Å². The summed E-state index contributed by atoms with van der Waals surface area (Å²) in [7, 11) is -4.31. The van der Waals surface area contributed by atoms with Crippen LogP contribution in [0, 0.1) is 0 Å². The van der Waals surface area contributed by atoms with Crippen molar-refractivity contribution < 1.29 is 34.1 Å². The largest absolute Gasteiger partial charge is 0.388 e. The fourth-order valence-electron chi connectivity index (χ4n) is 4.95. The molecule has 43 heavy (non-hydrogen) atoms. The number of imidazole rings is 1. The van der Waals surface area contributed by atoms with E-state index in [-0.39, 0.29) is 34.6 Å². The Kier molecular flexibility index (Phi) is 14.7. The normalized spacial score (nSPS) is 21.1. The highest BCUT2D eigenvalue weighted by atomic mass is 35.5. The molecule has 0 spiro atoms. The molecule has 0 aliphatic carbocycles. The lowest BCUT2D eigenvalue weighted by Gasteiger charge is -2.16. The third kappa shape index (κ3) is 11.7. The van der Waals surface area contributed by atoms with E-state index in [1.165, 1.54) is 36.6 Å². The Labute approximate surface area is 257 Å². The molecule has 4 unspecified atom stereocenters. The number of anilines is 1. The van der Waals surface area contributed by atoms with Gasteiger partial charge in [-0.2, -0.15) is 9.97 Å². The van der Waals surface area contributed by atoms with Gasteiger partial charge in [0.2, 0.25) is 11.2 Å². The molecule has 0 aromatic carbocycles. The summed E-state index contributed by atoms with van der Waals surface area (Å²) in [5.41, 5.74) is 0.390. The van der Waals surface area contributed by atoms with Crippen molar-refractivity contribution >= 4 is 42.1 Å². The molecule has 5 N–H and O–H groups in total. The van der Waals surface area contributed by atoms with Gasteiger partial charge < -0.3 is 30.1 Å². The van der Waals surface area contributed by atoms with Crippen molar-refractivity contribution in [2.45, 2.75) is 115 Å². The fraction of sp³-hybridized carbons (Fsp3) is 0.655. The number of allylic oxidation sites excluding steroid dienone is 4. The molecule has 3 rings (SSSR count). The van der Waals surface area contributed by atoms with E-state index in [9.17, 15) is 19.6 Å². The Balaban J connectivity index is 1.42. The van der Waals surface area contributed by atoms with Crippen molar-refractivity contribution in [2.24, 2.45) is 0 Å². The first kappa shape index (κ1) is 35.3. The molecule has 2 aromatic rings. The minimum Gasteiger partial charge on any atom is -0.388 e. The number of nitrogens with zero attached hydrogens (tertiary/aromatic N) is 4. The van der Waals surface area contributed by atoms with Gasteiger partial charge in [-0.25, -0.2) is 4.98 Å². The molecule has 4 atom stereocenters. The highest BCUT2D eigenvalue weighted by Gasteiger charge is 2.44. The molecule has 1 aliphatic heterocycles. The van der Waals surface area contributed by atoms with Crippen LogP contribution < -0.4 is 5.32 Å². The van der Waals surface area contributed by atoms with Crippen LogP contribution in [0.1, 0.15) is 96.6 Å². The van der Waals surface area contributed by atoms with Crippen LogP contribution in [0.5, 0.6) is 0 Å². The second-order valence-electron chi connectivity index (χ2n) is 10.9. The van der Waals surface area contributed by atoms with Gasteiger partial charge in [0.25, 0.3) is 0 Å². The minimum absolute atomic E-state index is 0.118. The predicted molar refractivity (Wildman–Crippen MR) is 166 cm³/mol. The highest BCUT2D eigenvalue weighted by molar-refractivity contribution is 7.51. The van der Waals surface area contributed by atoms with Gasteiger partial charge in [-0.15, -0.1) is 0 Å². The molecular formula is C29H45ClN5O7P. The van der Waals surface area contributed by atoms with Crippen LogP contribution in [0.15, 0.2) is 30.6 Å². The molecule has 0 radical (unpaired) electrons. The monoisotopic (exact) mass is 641 g/mol. The zero-order valence-corrected chi connectivity index (χ0v) is 26.4. The Morgan fingerprint density at radius 2 is 1.70 bits per heavy atom. The first-order valence-electron chi connectivity index (χ1n) is 15.2. The number of fused-ring (bicyclic) bond motifs is 1. The van der Waals surface area contributed by atoms with Crippen LogP contribution in [0.25, 0.3) is 11.2 Å². The van der Waals surface area contributed by atoms with Gasteiger partial charge in [-0.05, 0) is 56.5 Å². The van der Waals surface area contributed by atoms with Gasteiger partial charge in [-0.3, -0.25) is 13.9 Å². The maximum absolute atomic E-state index is 12.6. The Morgan fingerprint density at radius 3 is 2.40 bits per heavy atom. The van der Waals surface area contributed by atoms with E-state index in [1.54, 1.807) is 0 Å². The lowest BCUT2D eigenvalue weighted by atomic mass is 10.1. The van der Waals surface area contributed by atoms with Gasteiger partial charge in [-0.1, -0.05) is 63.3 Å². The van der Waals surface area contributed by atoms with Gasteiger partial charge in [0.15, 0.2) is 23.2 Å². The third-order valence-electron chi connectivity index (χ3n) is 7.32. The van der Waals surface area contributed by atoms with Crippen molar-refractivity contribution in [3.05, 3.63) is 35.9 Å². The third-order valence-corrected chi connectivity index (χ3v) is 8.33. The molecule has 0 saturated carbocycles. The number of rotatable bonds is 19. The molecule has 2 aromatic heterocycles. The van der Waals surface area contributed by atoms with E-state index in [0.717, 1.165) is 44.9 Å². The molecule has 12 nitrogen and oxygen atoms in total. The maximum Gasteiger partial charge on any atom is 0.325 e. The second kappa shape index (κ2) is 17.9. The van der Waals surface area contributed by atoms with Crippen LogP contribution in [0.3, 0.4) is 0 Å². The first-order valence-corrected chi connectivity index (χ1v) is 17.3. The number of hydrogen-bond acceptors (Lipinski definition) is 8. The van der Waals surface area contributed by atoms with Crippen molar-refractivity contribution in [1.29, 1.82) is 0 Å². The zero-order valence-electron chi connectivity index (χ0n) is 24.7. The van der Waals surface area contributed by atoms with E-state index in [0.29, 0.717) is 6.42 Å². The standard InChI is InChI=1S/C29H45ClN5O7P/c1-2-3-4-5-6-7-8-9-10-11-12-13-14-15-16-17-22(36)32-26-23-27(34-29(30)33-26)35(20-31-23)28-25(38)24(37)21(42-28)18-19-43(39,40)41/h6-7,9-10,20-21,24-25,28,37-38H,2-5,8,11-19H2,1H3,(H2,39,40,41)(H,32,33,34,36)/b7-6-,10-9-. The van der Waals surface area contributed by atoms with E-state index in [1.807, 2.05) is 0 Å². The highest BCUT2D eigenvalue weighted by Crippen LogP contribution is 2.39. The Morgan fingerprint density at radius 1 is 1.02 bits per heavy atom. The number of amides is 1. The van der Waals surface area contributed by atoms with Crippen molar-refractivity contribution in [2.75, 3.05) is 11.5 Å². The number of hydrogen-bond donors (Lipinski definition) is 5. The van der Waals surface area contributed by atoms with Gasteiger partial charge >= 0.3 is 7.60 Å². The molecule has 0 bridgehead atoms. The number of aliphatic hydroxyl groups excluding tert-OH is 2. The summed E-state index contributed by atoms with van der Waals surface area (Å²) in [6, 6.07) is 0. The van der Waals surface area contributed by atoms with Gasteiger partial charge in [0.1, 0.15) is 12.2 Å². The molecule has 1 fully saturated rings. The number of nitrogens with one attached hydrogen (secondary N) is 1. The van der Waals surface area contributed by atoms with Crippen molar-refractivity contribution in [1.82, 2.24) is 19.5 Å². The molecule has 3 heterocycles. The molecule has 1 aliphatic rings. The zero-order chi connectivity index (χ0) is 31.2. The van der Waals surface area contributed by atoms with Gasteiger partial charge in [0.05, 0.1) is 18.6 Å². The van der Waals surface area contributed by atoms with E-state index >= 15 is 0 Å². The van der Waals surface area contributed by atoms with E-state index < -0.39 is 38.3 Å². The molecular weight excluding hydrogens is 597 g/mol. The summed E-state index contributed by atoms with van der Waals surface area (Å²) in [6.07, 6.45) is 17.0. The summed E-state index contributed by atoms with van der Waals surface area (Å²) < 4.78 is 18.3. The average Bonchev–Trinajstić information content (AvgIpc) is 3.49. The molecule has 1 amide bonds. The lowest BCUT2D eigenvalue weighted by Crippen LogP contribution is -2.31. The quantitative estimate of drug-likeness (QED) is 0.0575. The number of aromatic nitrogens is 4. The number of carbonyl (C=O) groups is 1. The average molecular weight is 642 g/mol. The number of ether oxygens (including phenoxy) is 1. The summed E-state index contributed by atoms with van der Waals surface area (Å²) in [6.45, 7) is 2.22. The summed E-state index contributed by atoms with van der Waals surface area (Å²) in [5.74, 6) is -0.117. The Hall–Kier alpha value is -2.18. The summed E-state index contributed by atoms with van der Waals surface area (Å²) >= 11 is 6.12. The topological polar surface area (TPSA) is 180 Å². The second-order valence-corrected chi connectivity index (χ2v) is 13.0. The number of halogens is 1. The number of carbonyl (C=O) groups excluding carboxylic acids is 1. The summed E-state index contributed by atoms with van der Waals surface area (Å²) in [5, 5.41) is 23.5.